The van der Waals surface area contributed by atoms with Gasteiger partial charge in [0.25, 0.3) is 5.91 Å². The van der Waals surface area contributed by atoms with Crippen LogP contribution in [0.5, 0.6) is 5.75 Å². The SMILES string of the molecule is Cc1cccc(NC(=O)COc2ccccc2CO)c1C. The van der Waals surface area contributed by atoms with Gasteiger partial charge in [-0.25, -0.2) is 0 Å². The number of hydrogen-bond acceptors (Lipinski definition) is 3. The molecule has 2 N–H and O–H groups in total. The van der Waals surface area contributed by atoms with E-state index >= 15 is 0 Å². The van der Waals surface area contributed by atoms with E-state index in [1.54, 1.807) is 18.2 Å². The van der Waals surface area contributed by atoms with Crippen molar-refractivity contribution in [2.45, 2.75) is 20.5 Å². The summed E-state index contributed by atoms with van der Waals surface area (Å²) < 4.78 is 5.46. The van der Waals surface area contributed by atoms with Crippen molar-refractivity contribution in [2.24, 2.45) is 0 Å². The molecule has 110 valence electrons. The average molecular weight is 285 g/mol. The number of hydrogen-bond donors (Lipinski definition) is 2. The van der Waals surface area contributed by atoms with Crippen LogP contribution in [0.15, 0.2) is 42.5 Å². The van der Waals surface area contributed by atoms with Crippen LogP contribution in [0.4, 0.5) is 5.69 Å². The Hall–Kier alpha value is -2.33. The van der Waals surface area contributed by atoms with E-state index in [4.69, 9.17) is 4.74 Å². The summed E-state index contributed by atoms with van der Waals surface area (Å²) in [6, 6.07) is 12.9. The van der Waals surface area contributed by atoms with Gasteiger partial charge in [-0.3, -0.25) is 4.79 Å². The van der Waals surface area contributed by atoms with E-state index in [1.165, 1.54) is 0 Å². The zero-order valence-corrected chi connectivity index (χ0v) is 12.2. The molecule has 4 nitrogen and oxygen atoms in total. The Morgan fingerprint density at radius 1 is 1.14 bits per heavy atom. The highest BCUT2D eigenvalue weighted by Crippen LogP contribution is 2.19. The highest BCUT2D eigenvalue weighted by Gasteiger charge is 2.08. The molecule has 0 bridgehead atoms. The lowest BCUT2D eigenvalue weighted by Crippen LogP contribution is -2.21. The summed E-state index contributed by atoms with van der Waals surface area (Å²) in [5.74, 6) is 0.299. The number of nitrogens with one attached hydrogen (secondary N) is 1. The second kappa shape index (κ2) is 6.90. The maximum Gasteiger partial charge on any atom is 0.262 e. The third kappa shape index (κ3) is 3.83. The normalized spacial score (nSPS) is 10.2. The zero-order chi connectivity index (χ0) is 15.2. The summed E-state index contributed by atoms with van der Waals surface area (Å²) in [4.78, 5) is 12.0. The van der Waals surface area contributed by atoms with E-state index < -0.39 is 0 Å². The molecule has 2 aromatic rings. The Morgan fingerprint density at radius 3 is 2.67 bits per heavy atom. The molecule has 2 rings (SSSR count). The Morgan fingerprint density at radius 2 is 1.90 bits per heavy atom. The minimum Gasteiger partial charge on any atom is -0.483 e. The van der Waals surface area contributed by atoms with Crippen LogP contribution in [-0.2, 0) is 11.4 Å². The fourth-order valence-electron chi connectivity index (χ4n) is 1.99. The van der Waals surface area contributed by atoms with E-state index in [2.05, 4.69) is 5.32 Å². The fourth-order valence-corrected chi connectivity index (χ4v) is 1.99. The predicted octanol–water partition coefficient (Wildman–Crippen LogP) is 2.81. The van der Waals surface area contributed by atoms with Crippen molar-refractivity contribution in [1.82, 2.24) is 0 Å². The third-order valence-electron chi connectivity index (χ3n) is 3.38. The molecular formula is C17H19NO3. The number of aliphatic hydroxyl groups is 1. The molecule has 0 saturated heterocycles. The van der Waals surface area contributed by atoms with Gasteiger partial charge in [-0.1, -0.05) is 30.3 Å². The van der Waals surface area contributed by atoms with Gasteiger partial charge in [0.05, 0.1) is 6.61 Å². The van der Waals surface area contributed by atoms with Gasteiger partial charge in [0.1, 0.15) is 5.75 Å². The van der Waals surface area contributed by atoms with Crippen molar-refractivity contribution in [3.63, 3.8) is 0 Å². The molecule has 0 radical (unpaired) electrons. The van der Waals surface area contributed by atoms with Crippen molar-refractivity contribution in [1.29, 1.82) is 0 Å². The number of para-hydroxylation sites is 1. The van der Waals surface area contributed by atoms with Gasteiger partial charge in [-0.05, 0) is 37.1 Å². The number of ether oxygens (including phenoxy) is 1. The number of aryl methyl sites for hydroxylation is 1. The highest BCUT2D eigenvalue weighted by molar-refractivity contribution is 5.92. The lowest BCUT2D eigenvalue weighted by molar-refractivity contribution is -0.118. The van der Waals surface area contributed by atoms with Crippen molar-refractivity contribution in [2.75, 3.05) is 11.9 Å². The van der Waals surface area contributed by atoms with E-state index in [1.807, 2.05) is 38.1 Å². The quantitative estimate of drug-likeness (QED) is 0.888. The van der Waals surface area contributed by atoms with Crippen LogP contribution in [0.2, 0.25) is 0 Å². The number of carbonyl (C=O) groups is 1. The smallest absolute Gasteiger partial charge is 0.262 e. The van der Waals surface area contributed by atoms with Gasteiger partial charge in [0.2, 0.25) is 0 Å². The van der Waals surface area contributed by atoms with Crippen molar-refractivity contribution in [3.8, 4) is 5.75 Å². The first-order chi connectivity index (χ1) is 10.1. The van der Waals surface area contributed by atoms with Crippen molar-refractivity contribution < 1.29 is 14.6 Å². The molecule has 0 aliphatic heterocycles. The highest BCUT2D eigenvalue weighted by atomic mass is 16.5. The molecule has 0 fully saturated rings. The fraction of sp³-hybridized carbons (Fsp3) is 0.235. The van der Waals surface area contributed by atoms with Crippen molar-refractivity contribution in [3.05, 3.63) is 59.2 Å². The van der Waals surface area contributed by atoms with E-state index in [-0.39, 0.29) is 19.1 Å². The van der Waals surface area contributed by atoms with E-state index in [0.29, 0.717) is 11.3 Å². The maximum absolute atomic E-state index is 12.0. The molecule has 0 aliphatic carbocycles. The van der Waals surface area contributed by atoms with Gasteiger partial charge in [0, 0.05) is 11.3 Å². The first kappa shape index (κ1) is 15.1. The Kier molecular flexibility index (Phi) is 4.95. The van der Waals surface area contributed by atoms with Gasteiger partial charge in [-0.15, -0.1) is 0 Å². The number of rotatable bonds is 5. The van der Waals surface area contributed by atoms with E-state index in [0.717, 1.165) is 16.8 Å². The molecule has 0 unspecified atom stereocenters. The van der Waals surface area contributed by atoms with Gasteiger partial charge in [-0.2, -0.15) is 0 Å². The van der Waals surface area contributed by atoms with Crippen LogP contribution in [0.1, 0.15) is 16.7 Å². The van der Waals surface area contributed by atoms with Crippen molar-refractivity contribution >= 4 is 11.6 Å². The Labute approximate surface area is 124 Å². The van der Waals surface area contributed by atoms with Crippen LogP contribution in [-0.4, -0.2) is 17.6 Å². The molecule has 0 aliphatic rings. The Balaban J connectivity index is 1.98. The molecular weight excluding hydrogens is 266 g/mol. The van der Waals surface area contributed by atoms with Crippen LogP contribution in [0, 0.1) is 13.8 Å². The predicted molar refractivity (Wildman–Crippen MR) is 82.4 cm³/mol. The van der Waals surface area contributed by atoms with E-state index in [9.17, 15) is 9.90 Å². The first-order valence-electron chi connectivity index (χ1n) is 6.79. The van der Waals surface area contributed by atoms with Crippen LogP contribution < -0.4 is 10.1 Å². The summed E-state index contributed by atoms with van der Waals surface area (Å²) in [6.07, 6.45) is 0. The molecule has 0 saturated carbocycles. The summed E-state index contributed by atoms with van der Waals surface area (Å²) in [7, 11) is 0. The minimum atomic E-state index is -0.226. The molecule has 0 spiro atoms. The largest absolute Gasteiger partial charge is 0.483 e. The third-order valence-corrected chi connectivity index (χ3v) is 3.38. The maximum atomic E-state index is 12.0. The second-order valence-corrected chi connectivity index (χ2v) is 4.85. The number of benzene rings is 2. The molecule has 1 amide bonds. The summed E-state index contributed by atoms with van der Waals surface area (Å²) in [6.45, 7) is 3.75. The summed E-state index contributed by atoms with van der Waals surface area (Å²) in [5.41, 5.74) is 3.62. The molecule has 4 heteroatoms. The summed E-state index contributed by atoms with van der Waals surface area (Å²) in [5, 5.41) is 12.0. The molecule has 0 aromatic heterocycles. The molecule has 0 heterocycles. The Bertz CT molecular complexity index is 638. The van der Waals surface area contributed by atoms with Gasteiger partial charge >= 0.3 is 0 Å². The van der Waals surface area contributed by atoms with Gasteiger partial charge in [0.15, 0.2) is 6.61 Å². The minimum absolute atomic E-state index is 0.0929. The average Bonchev–Trinajstić information content (AvgIpc) is 2.50. The number of aliphatic hydroxyl groups excluding tert-OH is 1. The lowest BCUT2D eigenvalue weighted by Gasteiger charge is -2.12. The monoisotopic (exact) mass is 285 g/mol. The lowest BCUT2D eigenvalue weighted by atomic mass is 10.1. The number of anilines is 1. The van der Waals surface area contributed by atoms with Crippen LogP contribution in [0.25, 0.3) is 0 Å². The van der Waals surface area contributed by atoms with Gasteiger partial charge < -0.3 is 15.2 Å². The summed E-state index contributed by atoms with van der Waals surface area (Å²) >= 11 is 0. The number of carbonyl (C=O) groups excluding carboxylic acids is 1. The van der Waals surface area contributed by atoms with Crippen LogP contribution >= 0.6 is 0 Å². The molecule has 2 aromatic carbocycles. The topological polar surface area (TPSA) is 58.6 Å². The first-order valence-corrected chi connectivity index (χ1v) is 6.79. The standard InChI is InChI=1S/C17H19NO3/c1-12-6-5-8-15(13(12)2)18-17(20)11-21-16-9-4-3-7-14(16)10-19/h3-9,19H,10-11H2,1-2H3,(H,18,20). The van der Waals surface area contributed by atoms with Crippen LogP contribution in [0.3, 0.4) is 0 Å². The number of amides is 1. The zero-order valence-electron chi connectivity index (χ0n) is 12.2. The molecule has 21 heavy (non-hydrogen) atoms. The molecule has 0 atom stereocenters. The second-order valence-electron chi connectivity index (χ2n) is 4.85.